The van der Waals surface area contributed by atoms with Crippen molar-refractivity contribution in [3.05, 3.63) is 71.3 Å². The second-order valence-corrected chi connectivity index (χ2v) is 6.85. The second-order valence-electron chi connectivity index (χ2n) is 6.85. The Balaban J connectivity index is 1.58. The number of urea groups is 1. The lowest BCUT2D eigenvalue weighted by Crippen LogP contribution is -2.32. The number of carbonyl (C=O) groups is 1. The van der Waals surface area contributed by atoms with Gasteiger partial charge >= 0.3 is 6.03 Å². The van der Waals surface area contributed by atoms with Crippen LogP contribution in [0.1, 0.15) is 36.1 Å². The maximum absolute atomic E-state index is 12.8. The summed E-state index contributed by atoms with van der Waals surface area (Å²) in [4.78, 5) is 12.8. The first-order chi connectivity index (χ1) is 13.7. The van der Waals surface area contributed by atoms with E-state index in [0.29, 0.717) is 18.3 Å². The van der Waals surface area contributed by atoms with Crippen molar-refractivity contribution in [3.63, 3.8) is 0 Å². The predicted molar refractivity (Wildman–Crippen MR) is 109 cm³/mol. The fourth-order valence-electron chi connectivity index (χ4n) is 3.66. The minimum absolute atomic E-state index is 0.0240. The molecule has 1 atom stereocenters. The zero-order valence-corrected chi connectivity index (χ0v) is 16.1. The molecule has 1 unspecified atom stereocenters. The Morgan fingerprint density at radius 1 is 1.18 bits per heavy atom. The summed E-state index contributed by atoms with van der Waals surface area (Å²) < 4.78 is 7.35. The molecule has 2 aromatic carbocycles. The molecule has 0 fully saturated rings. The Hall–Kier alpha value is -3.28. The molecule has 6 nitrogen and oxygen atoms in total. The Morgan fingerprint density at radius 2 is 1.93 bits per heavy atom. The smallest absolute Gasteiger partial charge is 0.320 e. The van der Waals surface area contributed by atoms with Gasteiger partial charge in [0, 0.05) is 0 Å². The fraction of sp³-hybridized carbons (Fsp3) is 0.273. The number of aromatic nitrogens is 2. The number of rotatable bonds is 5. The first-order valence-electron chi connectivity index (χ1n) is 9.60. The third-order valence-electron chi connectivity index (χ3n) is 5.03. The van der Waals surface area contributed by atoms with Crippen LogP contribution in [0.25, 0.3) is 5.69 Å². The van der Waals surface area contributed by atoms with E-state index in [1.807, 2.05) is 56.3 Å². The van der Waals surface area contributed by atoms with Crippen LogP contribution in [0.5, 0.6) is 5.88 Å². The molecule has 3 aromatic rings. The van der Waals surface area contributed by atoms with E-state index in [2.05, 4.69) is 27.9 Å². The third kappa shape index (κ3) is 3.45. The largest absolute Gasteiger partial charge is 0.477 e. The van der Waals surface area contributed by atoms with Crippen LogP contribution in [0.4, 0.5) is 10.6 Å². The predicted octanol–water partition coefficient (Wildman–Crippen LogP) is 4.39. The normalized spacial score (nSPS) is 15.1. The van der Waals surface area contributed by atoms with Crippen LogP contribution in [0.2, 0.25) is 0 Å². The summed E-state index contributed by atoms with van der Waals surface area (Å²) in [5.74, 6) is 1.13. The van der Waals surface area contributed by atoms with Gasteiger partial charge < -0.3 is 10.1 Å². The standard InChI is InChI=1S/C22H24N4O2/c1-3-28-21-15(2)20(26(25-21)17-10-5-4-6-11-17)24-22(27)23-19-14-13-16-9-7-8-12-18(16)19/h4-12,19H,3,13-14H2,1-2H3,(H2,23,24,27). The summed E-state index contributed by atoms with van der Waals surface area (Å²) >= 11 is 0. The highest BCUT2D eigenvalue weighted by atomic mass is 16.5. The molecule has 4 rings (SSSR count). The maximum atomic E-state index is 12.8. The Kier molecular flexibility index (Phi) is 5.02. The lowest BCUT2D eigenvalue weighted by atomic mass is 10.1. The van der Waals surface area contributed by atoms with Gasteiger partial charge in [-0.05, 0) is 49.9 Å². The molecule has 1 aliphatic rings. The van der Waals surface area contributed by atoms with E-state index in [0.717, 1.165) is 24.1 Å². The van der Waals surface area contributed by atoms with Crippen molar-refractivity contribution >= 4 is 11.8 Å². The number of aryl methyl sites for hydroxylation is 1. The van der Waals surface area contributed by atoms with E-state index in [4.69, 9.17) is 4.74 Å². The van der Waals surface area contributed by atoms with Crippen molar-refractivity contribution < 1.29 is 9.53 Å². The van der Waals surface area contributed by atoms with Gasteiger partial charge in [0.25, 0.3) is 0 Å². The lowest BCUT2D eigenvalue weighted by Gasteiger charge is -2.16. The van der Waals surface area contributed by atoms with Gasteiger partial charge in [-0.1, -0.05) is 42.5 Å². The fourth-order valence-corrected chi connectivity index (χ4v) is 3.66. The number of fused-ring (bicyclic) bond motifs is 1. The number of amides is 2. The molecule has 1 aromatic heterocycles. The molecule has 0 saturated heterocycles. The summed E-state index contributed by atoms with van der Waals surface area (Å²) in [6.07, 6.45) is 1.89. The van der Waals surface area contributed by atoms with Gasteiger partial charge in [-0.25, -0.2) is 9.48 Å². The molecule has 0 bridgehead atoms. The van der Waals surface area contributed by atoms with Gasteiger partial charge in [0.15, 0.2) is 0 Å². The minimum atomic E-state index is -0.245. The number of hydrogen-bond acceptors (Lipinski definition) is 3. The lowest BCUT2D eigenvalue weighted by molar-refractivity contribution is 0.248. The van der Waals surface area contributed by atoms with Gasteiger partial charge in [-0.2, -0.15) is 0 Å². The van der Waals surface area contributed by atoms with Gasteiger partial charge in [0.2, 0.25) is 5.88 Å². The summed E-state index contributed by atoms with van der Waals surface area (Å²) in [5, 5.41) is 10.6. The van der Waals surface area contributed by atoms with Crippen molar-refractivity contribution in [2.24, 2.45) is 0 Å². The summed E-state index contributed by atoms with van der Waals surface area (Å²) in [5.41, 5.74) is 4.16. The highest BCUT2D eigenvalue weighted by Gasteiger charge is 2.25. The average molecular weight is 376 g/mol. The van der Waals surface area contributed by atoms with Crippen LogP contribution in [-0.4, -0.2) is 22.4 Å². The molecule has 2 amide bonds. The summed E-state index contributed by atoms with van der Waals surface area (Å²) in [6.45, 7) is 4.33. The van der Waals surface area contributed by atoms with Crippen molar-refractivity contribution in [1.29, 1.82) is 0 Å². The number of benzene rings is 2. The van der Waals surface area contributed by atoms with Crippen molar-refractivity contribution in [3.8, 4) is 11.6 Å². The molecule has 1 aliphatic carbocycles. The summed E-state index contributed by atoms with van der Waals surface area (Å²) in [7, 11) is 0. The van der Waals surface area contributed by atoms with Crippen LogP contribution in [0.15, 0.2) is 54.6 Å². The molecule has 6 heteroatoms. The van der Waals surface area contributed by atoms with Gasteiger partial charge in [-0.15, -0.1) is 5.10 Å². The van der Waals surface area contributed by atoms with E-state index in [-0.39, 0.29) is 12.1 Å². The number of nitrogens with zero attached hydrogens (tertiary/aromatic N) is 2. The number of carbonyl (C=O) groups excluding carboxylic acids is 1. The van der Waals surface area contributed by atoms with E-state index in [9.17, 15) is 4.79 Å². The topological polar surface area (TPSA) is 68.2 Å². The van der Waals surface area contributed by atoms with Crippen LogP contribution in [-0.2, 0) is 6.42 Å². The van der Waals surface area contributed by atoms with Crippen LogP contribution in [0, 0.1) is 6.92 Å². The molecule has 1 heterocycles. The first kappa shape index (κ1) is 18.1. The van der Waals surface area contributed by atoms with Crippen LogP contribution < -0.4 is 15.4 Å². The third-order valence-corrected chi connectivity index (χ3v) is 5.03. The maximum Gasteiger partial charge on any atom is 0.320 e. The molecule has 0 radical (unpaired) electrons. The van der Waals surface area contributed by atoms with Crippen molar-refractivity contribution in [2.45, 2.75) is 32.7 Å². The minimum Gasteiger partial charge on any atom is -0.477 e. The molecular weight excluding hydrogens is 352 g/mol. The highest BCUT2D eigenvalue weighted by Crippen LogP contribution is 2.31. The molecule has 144 valence electrons. The zero-order valence-electron chi connectivity index (χ0n) is 16.1. The van der Waals surface area contributed by atoms with Crippen molar-refractivity contribution in [2.75, 3.05) is 11.9 Å². The van der Waals surface area contributed by atoms with Gasteiger partial charge in [0.05, 0.1) is 23.9 Å². The monoisotopic (exact) mass is 376 g/mol. The number of anilines is 1. The molecule has 0 aliphatic heterocycles. The SMILES string of the molecule is CCOc1nn(-c2ccccc2)c(NC(=O)NC2CCc3ccccc32)c1C. The second kappa shape index (κ2) is 7.76. The number of nitrogens with one attached hydrogen (secondary N) is 2. The molecular formula is C22H24N4O2. The average Bonchev–Trinajstić information content (AvgIpc) is 3.25. The van der Waals surface area contributed by atoms with Gasteiger partial charge in [-0.3, -0.25) is 5.32 Å². The van der Waals surface area contributed by atoms with Crippen LogP contribution >= 0.6 is 0 Å². The zero-order chi connectivity index (χ0) is 19.5. The highest BCUT2D eigenvalue weighted by molar-refractivity contribution is 5.90. The number of ether oxygens (including phenoxy) is 1. The molecule has 2 N–H and O–H groups in total. The molecule has 0 spiro atoms. The number of hydrogen-bond donors (Lipinski definition) is 2. The summed E-state index contributed by atoms with van der Waals surface area (Å²) in [6, 6.07) is 17.7. The Bertz CT molecular complexity index is 981. The Morgan fingerprint density at radius 3 is 2.71 bits per heavy atom. The van der Waals surface area contributed by atoms with E-state index in [1.54, 1.807) is 4.68 Å². The van der Waals surface area contributed by atoms with E-state index >= 15 is 0 Å². The number of para-hydroxylation sites is 1. The van der Waals surface area contributed by atoms with E-state index in [1.165, 1.54) is 11.1 Å². The molecule has 28 heavy (non-hydrogen) atoms. The van der Waals surface area contributed by atoms with Gasteiger partial charge in [0.1, 0.15) is 5.82 Å². The molecule has 0 saturated carbocycles. The first-order valence-corrected chi connectivity index (χ1v) is 9.60. The Labute approximate surface area is 164 Å². The van der Waals surface area contributed by atoms with Crippen molar-refractivity contribution in [1.82, 2.24) is 15.1 Å². The quantitative estimate of drug-likeness (QED) is 0.694. The van der Waals surface area contributed by atoms with E-state index < -0.39 is 0 Å². The van der Waals surface area contributed by atoms with Crippen LogP contribution in [0.3, 0.4) is 0 Å².